The number of carbonyl (C=O) groups is 1. The van der Waals surface area contributed by atoms with Gasteiger partial charge in [-0.3, -0.25) is 4.79 Å². The first-order valence-corrected chi connectivity index (χ1v) is 9.35. The second-order valence-corrected chi connectivity index (χ2v) is 6.92. The Morgan fingerprint density at radius 1 is 1.24 bits per heavy atom. The molecule has 2 aromatic carbocycles. The van der Waals surface area contributed by atoms with Gasteiger partial charge >= 0.3 is 0 Å². The number of hydrogen-bond donors (Lipinski definition) is 0. The van der Waals surface area contributed by atoms with Crippen LogP contribution in [-0.2, 0) is 17.1 Å². The summed E-state index contributed by atoms with van der Waals surface area (Å²) < 4.78 is 0. The van der Waals surface area contributed by atoms with Crippen LogP contribution in [0.25, 0.3) is 0 Å². The number of amides is 1. The molecule has 0 saturated heterocycles. The molecule has 0 radical (unpaired) electrons. The first-order chi connectivity index (χ1) is 12.1. The summed E-state index contributed by atoms with van der Waals surface area (Å²) in [5, 5.41) is 9.56. The first kappa shape index (κ1) is 19.1. The van der Waals surface area contributed by atoms with Crippen LogP contribution in [0, 0.1) is 11.3 Å². The third-order valence-corrected chi connectivity index (χ3v) is 4.77. The standard InChI is InChI=1S/C20H19ClN2OS/c1-2-10-23(13-17-8-6-16(12-22)7-9-17)20(24)15-25-14-18-4-3-5-19(21)11-18/h2-9,11H,1,10,13-15H2. The zero-order valence-corrected chi connectivity index (χ0v) is 15.4. The van der Waals surface area contributed by atoms with Gasteiger partial charge in [-0.1, -0.05) is 41.9 Å². The van der Waals surface area contributed by atoms with Crippen LogP contribution >= 0.6 is 23.4 Å². The van der Waals surface area contributed by atoms with E-state index in [0.29, 0.717) is 29.4 Å². The van der Waals surface area contributed by atoms with Crippen molar-refractivity contribution < 1.29 is 4.79 Å². The second kappa shape index (κ2) is 9.93. The van der Waals surface area contributed by atoms with Crippen LogP contribution < -0.4 is 0 Å². The zero-order chi connectivity index (χ0) is 18.1. The van der Waals surface area contributed by atoms with Crippen LogP contribution in [-0.4, -0.2) is 23.1 Å². The molecule has 0 heterocycles. The number of hydrogen-bond acceptors (Lipinski definition) is 3. The largest absolute Gasteiger partial charge is 0.334 e. The summed E-state index contributed by atoms with van der Waals surface area (Å²) in [5.41, 5.74) is 2.71. The molecule has 0 saturated carbocycles. The van der Waals surface area contributed by atoms with Gasteiger partial charge in [0.1, 0.15) is 0 Å². The lowest BCUT2D eigenvalue weighted by molar-refractivity contribution is -0.128. The number of rotatable bonds is 8. The Kier molecular flexibility index (Phi) is 7.59. The second-order valence-electron chi connectivity index (χ2n) is 5.49. The van der Waals surface area contributed by atoms with Crippen molar-refractivity contribution in [3.63, 3.8) is 0 Å². The van der Waals surface area contributed by atoms with E-state index in [2.05, 4.69) is 12.6 Å². The summed E-state index contributed by atoms with van der Waals surface area (Å²) in [7, 11) is 0. The summed E-state index contributed by atoms with van der Waals surface area (Å²) >= 11 is 7.54. The summed E-state index contributed by atoms with van der Waals surface area (Å²) in [6.07, 6.45) is 1.73. The molecule has 2 aromatic rings. The summed E-state index contributed by atoms with van der Waals surface area (Å²) in [6.45, 7) is 4.74. The monoisotopic (exact) mass is 370 g/mol. The van der Waals surface area contributed by atoms with Crippen LogP contribution in [0.2, 0.25) is 5.02 Å². The van der Waals surface area contributed by atoms with Gasteiger partial charge in [-0.05, 0) is 35.4 Å². The molecule has 0 fully saturated rings. The van der Waals surface area contributed by atoms with Gasteiger partial charge in [-0.15, -0.1) is 18.3 Å². The third kappa shape index (κ3) is 6.30. The highest BCUT2D eigenvalue weighted by Crippen LogP contribution is 2.17. The lowest BCUT2D eigenvalue weighted by atomic mass is 10.1. The van der Waals surface area contributed by atoms with Gasteiger partial charge in [0.2, 0.25) is 5.91 Å². The molecule has 2 rings (SSSR count). The molecular formula is C20H19ClN2OS. The minimum absolute atomic E-state index is 0.0660. The van der Waals surface area contributed by atoms with Crippen molar-refractivity contribution in [2.75, 3.05) is 12.3 Å². The quantitative estimate of drug-likeness (QED) is 0.635. The van der Waals surface area contributed by atoms with E-state index in [1.54, 1.807) is 34.9 Å². The summed E-state index contributed by atoms with van der Waals surface area (Å²) in [6, 6.07) is 17.0. The van der Waals surface area contributed by atoms with Gasteiger partial charge in [-0.25, -0.2) is 0 Å². The number of thioether (sulfide) groups is 1. The average Bonchev–Trinajstić information content (AvgIpc) is 2.62. The maximum atomic E-state index is 12.5. The van der Waals surface area contributed by atoms with Crippen molar-refractivity contribution in [3.8, 4) is 6.07 Å². The molecule has 1 amide bonds. The van der Waals surface area contributed by atoms with E-state index >= 15 is 0 Å². The molecule has 0 unspecified atom stereocenters. The summed E-state index contributed by atoms with van der Waals surface area (Å²) in [5.74, 6) is 1.21. The molecule has 0 spiro atoms. The fraction of sp³-hybridized carbons (Fsp3) is 0.200. The highest BCUT2D eigenvalue weighted by molar-refractivity contribution is 7.99. The minimum atomic E-state index is 0.0660. The molecule has 25 heavy (non-hydrogen) atoms. The van der Waals surface area contributed by atoms with E-state index in [0.717, 1.165) is 16.9 Å². The molecular weight excluding hydrogens is 352 g/mol. The normalized spacial score (nSPS) is 10.1. The number of carbonyl (C=O) groups excluding carboxylic acids is 1. The van der Waals surface area contributed by atoms with E-state index in [4.69, 9.17) is 16.9 Å². The smallest absolute Gasteiger partial charge is 0.233 e. The van der Waals surface area contributed by atoms with Crippen molar-refractivity contribution in [1.82, 2.24) is 4.90 Å². The van der Waals surface area contributed by atoms with Crippen molar-refractivity contribution in [3.05, 3.63) is 82.9 Å². The number of nitriles is 1. The van der Waals surface area contributed by atoms with E-state index in [1.807, 2.05) is 36.4 Å². The predicted molar refractivity (Wildman–Crippen MR) is 104 cm³/mol. The van der Waals surface area contributed by atoms with Gasteiger partial charge in [0.15, 0.2) is 0 Å². The number of nitrogens with zero attached hydrogens (tertiary/aromatic N) is 2. The Morgan fingerprint density at radius 3 is 2.64 bits per heavy atom. The number of halogens is 1. The molecule has 128 valence electrons. The highest BCUT2D eigenvalue weighted by Gasteiger charge is 2.13. The van der Waals surface area contributed by atoms with E-state index in [-0.39, 0.29) is 5.91 Å². The third-order valence-electron chi connectivity index (χ3n) is 3.54. The first-order valence-electron chi connectivity index (χ1n) is 7.82. The fourth-order valence-corrected chi connectivity index (χ4v) is 3.38. The molecule has 0 N–H and O–H groups in total. The van der Waals surface area contributed by atoms with Crippen LogP contribution in [0.15, 0.2) is 61.2 Å². The van der Waals surface area contributed by atoms with Crippen LogP contribution in [0.1, 0.15) is 16.7 Å². The van der Waals surface area contributed by atoms with Crippen molar-refractivity contribution >= 4 is 29.3 Å². The van der Waals surface area contributed by atoms with E-state index in [9.17, 15) is 4.79 Å². The van der Waals surface area contributed by atoms with Crippen molar-refractivity contribution in [1.29, 1.82) is 5.26 Å². The molecule has 0 aliphatic heterocycles. The Hall–Kier alpha value is -2.22. The zero-order valence-electron chi connectivity index (χ0n) is 13.8. The molecule has 3 nitrogen and oxygen atoms in total. The lowest BCUT2D eigenvalue weighted by Gasteiger charge is -2.21. The molecule has 0 aliphatic carbocycles. The van der Waals surface area contributed by atoms with Gasteiger partial charge in [-0.2, -0.15) is 5.26 Å². The van der Waals surface area contributed by atoms with Crippen molar-refractivity contribution in [2.45, 2.75) is 12.3 Å². The molecule has 0 bridgehead atoms. The average molecular weight is 371 g/mol. The molecule has 0 atom stereocenters. The SMILES string of the molecule is C=CCN(Cc1ccc(C#N)cc1)C(=O)CSCc1cccc(Cl)c1. The Balaban J connectivity index is 1.90. The molecule has 0 aromatic heterocycles. The van der Waals surface area contributed by atoms with Gasteiger partial charge in [0.05, 0.1) is 17.4 Å². The summed E-state index contributed by atoms with van der Waals surface area (Å²) in [4.78, 5) is 14.3. The van der Waals surface area contributed by atoms with E-state index in [1.165, 1.54) is 0 Å². The minimum Gasteiger partial charge on any atom is -0.334 e. The number of benzene rings is 2. The topological polar surface area (TPSA) is 44.1 Å². The van der Waals surface area contributed by atoms with Gasteiger partial charge in [0, 0.05) is 23.9 Å². The predicted octanol–water partition coefficient (Wildman–Crippen LogP) is 4.66. The van der Waals surface area contributed by atoms with Gasteiger partial charge in [0.25, 0.3) is 0 Å². The Morgan fingerprint density at radius 2 is 2.00 bits per heavy atom. The van der Waals surface area contributed by atoms with Gasteiger partial charge < -0.3 is 4.90 Å². The lowest BCUT2D eigenvalue weighted by Crippen LogP contribution is -2.32. The van der Waals surface area contributed by atoms with Crippen LogP contribution in [0.5, 0.6) is 0 Å². The molecule has 0 aliphatic rings. The fourth-order valence-electron chi connectivity index (χ4n) is 2.29. The molecule has 5 heteroatoms. The maximum Gasteiger partial charge on any atom is 0.233 e. The Labute approximate surface area is 157 Å². The van der Waals surface area contributed by atoms with E-state index < -0.39 is 0 Å². The highest BCUT2D eigenvalue weighted by atomic mass is 35.5. The van der Waals surface area contributed by atoms with Crippen LogP contribution in [0.4, 0.5) is 0 Å². The Bertz CT molecular complexity index is 768. The van der Waals surface area contributed by atoms with Crippen LogP contribution in [0.3, 0.4) is 0 Å². The van der Waals surface area contributed by atoms with Crippen molar-refractivity contribution in [2.24, 2.45) is 0 Å². The maximum absolute atomic E-state index is 12.5.